The van der Waals surface area contributed by atoms with E-state index in [1.54, 1.807) is 19.1 Å². The Bertz CT molecular complexity index is 421. The van der Waals surface area contributed by atoms with Crippen LogP contribution in [0.4, 0.5) is 5.69 Å². The molecule has 1 atom stereocenters. The zero-order valence-electron chi connectivity index (χ0n) is 11.9. The largest absolute Gasteiger partial charge is 0.493 e. The standard InChI is InChI=1S/C14H22N2O3/c1-4-12(3)15-8-5-9-19-13-6-7-14(16(17)18)11(2)10-13/h6-7,10,12,15H,4-5,8-9H2,1-3H3/p+1/t12-/m0/s1. The van der Waals surface area contributed by atoms with Crippen molar-refractivity contribution in [1.82, 2.24) is 0 Å². The first-order chi connectivity index (χ1) is 9.04. The first kappa shape index (κ1) is 15.4. The number of hydrogen-bond donors (Lipinski definition) is 1. The van der Waals surface area contributed by atoms with Gasteiger partial charge in [0, 0.05) is 18.1 Å². The molecule has 0 spiro atoms. The maximum absolute atomic E-state index is 10.7. The first-order valence-electron chi connectivity index (χ1n) is 6.75. The second-order valence-electron chi connectivity index (χ2n) is 4.82. The van der Waals surface area contributed by atoms with Gasteiger partial charge in [-0.2, -0.15) is 0 Å². The van der Waals surface area contributed by atoms with E-state index in [1.807, 2.05) is 0 Å². The van der Waals surface area contributed by atoms with Crippen molar-refractivity contribution in [2.24, 2.45) is 0 Å². The van der Waals surface area contributed by atoms with Gasteiger partial charge in [-0.15, -0.1) is 0 Å². The van der Waals surface area contributed by atoms with Crippen LogP contribution in [0.25, 0.3) is 0 Å². The Morgan fingerprint density at radius 1 is 1.47 bits per heavy atom. The SMILES string of the molecule is CC[C@H](C)[NH2+]CCCOc1ccc([N+](=O)[O-])c(C)c1. The lowest BCUT2D eigenvalue weighted by atomic mass is 10.2. The van der Waals surface area contributed by atoms with Crippen molar-refractivity contribution in [1.29, 1.82) is 0 Å². The lowest BCUT2D eigenvalue weighted by molar-refractivity contribution is -0.686. The van der Waals surface area contributed by atoms with Crippen molar-refractivity contribution in [2.45, 2.75) is 39.7 Å². The Kier molecular flexibility index (Phi) is 6.29. The van der Waals surface area contributed by atoms with Gasteiger partial charge in [0.05, 0.1) is 24.1 Å². The van der Waals surface area contributed by atoms with Gasteiger partial charge in [0.2, 0.25) is 0 Å². The van der Waals surface area contributed by atoms with Crippen molar-refractivity contribution in [3.8, 4) is 5.75 Å². The second kappa shape index (κ2) is 7.74. The number of hydrogen-bond acceptors (Lipinski definition) is 3. The number of rotatable bonds is 8. The lowest BCUT2D eigenvalue weighted by Crippen LogP contribution is -2.89. The molecule has 106 valence electrons. The molecule has 1 aromatic carbocycles. The average molecular weight is 267 g/mol. The van der Waals surface area contributed by atoms with Gasteiger partial charge in [-0.1, -0.05) is 6.92 Å². The Balaban J connectivity index is 2.34. The quantitative estimate of drug-likeness (QED) is 0.445. The van der Waals surface area contributed by atoms with Crippen LogP contribution in [-0.2, 0) is 0 Å². The molecular weight excluding hydrogens is 244 g/mol. The van der Waals surface area contributed by atoms with E-state index in [0.29, 0.717) is 24.0 Å². The molecule has 0 aromatic heterocycles. The van der Waals surface area contributed by atoms with Crippen LogP contribution in [0.5, 0.6) is 5.75 Å². The highest BCUT2D eigenvalue weighted by Gasteiger charge is 2.10. The Morgan fingerprint density at radius 2 is 2.21 bits per heavy atom. The van der Waals surface area contributed by atoms with E-state index >= 15 is 0 Å². The molecule has 0 saturated heterocycles. The summed E-state index contributed by atoms with van der Waals surface area (Å²) < 4.78 is 5.59. The van der Waals surface area contributed by atoms with E-state index in [9.17, 15) is 10.1 Å². The van der Waals surface area contributed by atoms with Gasteiger partial charge in [0.25, 0.3) is 5.69 Å². The van der Waals surface area contributed by atoms with Gasteiger partial charge < -0.3 is 10.1 Å². The highest BCUT2D eigenvalue weighted by atomic mass is 16.6. The van der Waals surface area contributed by atoms with E-state index in [1.165, 1.54) is 12.5 Å². The summed E-state index contributed by atoms with van der Waals surface area (Å²) in [5.74, 6) is 0.701. The fourth-order valence-corrected chi connectivity index (χ4v) is 1.76. The molecular formula is C14H23N2O3+. The number of nitrogens with two attached hydrogens (primary N) is 1. The number of aryl methyl sites for hydroxylation is 1. The third kappa shape index (κ3) is 5.26. The summed E-state index contributed by atoms with van der Waals surface area (Å²) in [4.78, 5) is 10.3. The van der Waals surface area contributed by atoms with Crippen LogP contribution in [0.3, 0.4) is 0 Å². The molecule has 5 heteroatoms. The van der Waals surface area contributed by atoms with Gasteiger partial charge in [0.15, 0.2) is 0 Å². The number of benzene rings is 1. The van der Waals surface area contributed by atoms with Crippen LogP contribution >= 0.6 is 0 Å². The number of nitro benzene ring substituents is 1. The summed E-state index contributed by atoms with van der Waals surface area (Å²) in [5.41, 5.74) is 0.770. The number of nitro groups is 1. The van der Waals surface area contributed by atoms with Gasteiger partial charge in [-0.25, -0.2) is 0 Å². The zero-order valence-corrected chi connectivity index (χ0v) is 11.9. The summed E-state index contributed by atoms with van der Waals surface area (Å²) in [7, 11) is 0. The Labute approximate surface area is 114 Å². The minimum Gasteiger partial charge on any atom is -0.493 e. The molecule has 0 aliphatic rings. The lowest BCUT2D eigenvalue weighted by Gasteiger charge is -2.09. The van der Waals surface area contributed by atoms with E-state index in [0.717, 1.165) is 13.0 Å². The summed E-state index contributed by atoms with van der Waals surface area (Å²) in [5, 5.41) is 13.0. The molecule has 1 aromatic rings. The summed E-state index contributed by atoms with van der Waals surface area (Å²) in [6.45, 7) is 7.80. The molecule has 0 aliphatic heterocycles. The molecule has 0 unspecified atom stereocenters. The normalized spacial score (nSPS) is 12.2. The van der Waals surface area contributed by atoms with E-state index < -0.39 is 0 Å². The van der Waals surface area contributed by atoms with Crippen LogP contribution in [-0.4, -0.2) is 24.1 Å². The molecule has 0 radical (unpaired) electrons. The van der Waals surface area contributed by atoms with Crippen LogP contribution in [0.15, 0.2) is 18.2 Å². The van der Waals surface area contributed by atoms with Crippen LogP contribution in [0, 0.1) is 17.0 Å². The Morgan fingerprint density at radius 3 is 2.79 bits per heavy atom. The molecule has 0 heterocycles. The molecule has 0 amide bonds. The molecule has 1 rings (SSSR count). The Hall–Kier alpha value is -1.62. The van der Waals surface area contributed by atoms with Gasteiger partial charge >= 0.3 is 0 Å². The third-order valence-corrected chi connectivity index (χ3v) is 3.20. The third-order valence-electron chi connectivity index (χ3n) is 3.20. The average Bonchev–Trinajstić information content (AvgIpc) is 2.37. The topological polar surface area (TPSA) is 69.0 Å². The molecule has 2 N–H and O–H groups in total. The van der Waals surface area contributed by atoms with Gasteiger partial charge in [-0.05, 0) is 32.4 Å². The van der Waals surface area contributed by atoms with Gasteiger partial charge in [0.1, 0.15) is 5.75 Å². The molecule has 5 nitrogen and oxygen atoms in total. The van der Waals surface area contributed by atoms with Crippen molar-refractivity contribution in [3.63, 3.8) is 0 Å². The minimum atomic E-state index is -0.375. The monoisotopic (exact) mass is 267 g/mol. The predicted molar refractivity (Wildman–Crippen MR) is 74.5 cm³/mol. The number of ether oxygens (including phenoxy) is 1. The van der Waals surface area contributed by atoms with E-state index in [-0.39, 0.29) is 10.6 Å². The van der Waals surface area contributed by atoms with E-state index in [4.69, 9.17) is 4.74 Å². The summed E-state index contributed by atoms with van der Waals surface area (Å²) in [6.07, 6.45) is 2.14. The molecule has 19 heavy (non-hydrogen) atoms. The number of nitrogens with zero attached hydrogens (tertiary/aromatic N) is 1. The van der Waals surface area contributed by atoms with Crippen molar-refractivity contribution in [2.75, 3.05) is 13.2 Å². The van der Waals surface area contributed by atoms with Crippen molar-refractivity contribution >= 4 is 5.69 Å². The molecule has 0 fully saturated rings. The smallest absolute Gasteiger partial charge is 0.272 e. The maximum Gasteiger partial charge on any atom is 0.272 e. The fourth-order valence-electron chi connectivity index (χ4n) is 1.76. The molecule has 0 aliphatic carbocycles. The predicted octanol–water partition coefficient (Wildman–Crippen LogP) is 2.03. The first-order valence-corrected chi connectivity index (χ1v) is 6.75. The fraction of sp³-hybridized carbons (Fsp3) is 0.571. The number of quaternary nitrogens is 1. The van der Waals surface area contributed by atoms with Crippen molar-refractivity contribution < 1.29 is 15.0 Å². The van der Waals surface area contributed by atoms with Crippen molar-refractivity contribution in [3.05, 3.63) is 33.9 Å². The van der Waals surface area contributed by atoms with Crippen LogP contribution in [0.1, 0.15) is 32.3 Å². The molecule has 0 bridgehead atoms. The van der Waals surface area contributed by atoms with Crippen LogP contribution < -0.4 is 10.1 Å². The summed E-state index contributed by atoms with van der Waals surface area (Å²) >= 11 is 0. The van der Waals surface area contributed by atoms with E-state index in [2.05, 4.69) is 19.2 Å². The van der Waals surface area contributed by atoms with Gasteiger partial charge in [-0.3, -0.25) is 10.1 Å². The second-order valence-corrected chi connectivity index (χ2v) is 4.82. The summed E-state index contributed by atoms with van der Waals surface area (Å²) in [6, 6.07) is 5.53. The minimum absolute atomic E-state index is 0.137. The highest BCUT2D eigenvalue weighted by molar-refractivity contribution is 5.44. The molecule has 0 saturated carbocycles. The van der Waals surface area contributed by atoms with Crippen LogP contribution in [0.2, 0.25) is 0 Å². The maximum atomic E-state index is 10.7. The zero-order chi connectivity index (χ0) is 14.3. The highest BCUT2D eigenvalue weighted by Crippen LogP contribution is 2.22.